The van der Waals surface area contributed by atoms with Crippen molar-refractivity contribution in [3.05, 3.63) is 35.9 Å². The molecule has 4 N–H and O–H groups in total. The molecule has 0 aliphatic heterocycles. The topological polar surface area (TPSA) is 144 Å². The van der Waals surface area contributed by atoms with Crippen molar-refractivity contribution in [3.8, 4) is 0 Å². The number of benzene rings is 1. The molecule has 0 saturated carbocycles. The molecular weight excluding hydrogens is 320 g/mol. The second kappa shape index (κ2) is 6.80. The Kier molecular flexibility index (Phi) is 5.61. The summed E-state index contributed by atoms with van der Waals surface area (Å²) in [7, 11) is -7.65. The lowest BCUT2D eigenvalue weighted by Gasteiger charge is -2.06. The van der Waals surface area contributed by atoms with E-state index >= 15 is 0 Å². The first-order chi connectivity index (χ1) is 9.60. The number of rotatable bonds is 7. The van der Waals surface area contributed by atoms with Gasteiger partial charge in [-0.3, -0.25) is 0 Å². The van der Waals surface area contributed by atoms with E-state index in [1.807, 2.05) is 0 Å². The van der Waals surface area contributed by atoms with Gasteiger partial charge in [-0.15, -0.1) is 0 Å². The Morgan fingerprint density at radius 3 is 2.52 bits per heavy atom. The van der Waals surface area contributed by atoms with E-state index in [2.05, 4.69) is 4.72 Å². The number of nitrogens with one attached hydrogen (secondary N) is 1. The Hall–Kier alpha value is -1.75. The van der Waals surface area contributed by atoms with E-state index < -0.39 is 31.8 Å². The van der Waals surface area contributed by atoms with Crippen LogP contribution in [0.1, 0.15) is 5.56 Å². The summed E-state index contributed by atoms with van der Waals surface area (Å²) in [5, 5.41) is 13.3. The van der Waals surface area contributed by atoms with Gasteiger partial charge in [0.1, 0.15) is 0 Å². The number of hydrogen-bond acceptors (Lipinski definition) is 5. The number of aliphatic carboxylic acids is 1. The first-order valence-electron chi connectivity index (χ1n) is 5.61. The minimum Gasteiger partial charge on any atom is -0.478 e. The predicted molar refractivity (Wildman–Crippen MR) is 76.3 cm³/mol. The second-order valence-electron chi connectivity index (χ2n) is 4.01. The van der Waals surface area contributed by atoms with Crippen LogP contribution in [0.15, 0.2) is 35.2 Å². The SMILES string of the molecule is NS(=O)(=O)CCNS(=O)(=O)c1cccc(C=CC(=O)O)c1. The van der Waals surface area contributed by atoms with Crippen molar-refractivity contribution in [3.63, 3.8) is 0 Å². The highest BCUT2D eigenvalue weighted by Gasteiger charge is 2.14. The lowest BCUT2D eigenvalue weighted by Crippen LogP contribution is -2.31. The molecule has 0 aliphatic rings. The third-order valence-corrected chi connectivity index (χ3v) is 4.50. The van der Waals surface area contributed by atoms with Gasteiger partial charge in [0, 0.05) is 12.6 Å². The van der Waals surface area contributed by atoms with Crippen molar-refractivity contribution in [1.82, 2.24) is 4.72 Å². The quantitative estimate of drug-likeness (QED) is 0.565. The van der Waals surface area contributed by atoms with Crippen LogP contribution in [0, 0.1) is 0 Å². The molecule has 0 fully saturated rings. The monoisotopic (exact) mass is 334 g/mol. The average molecular weight is 334 g/mol. The molecule has 0 saturated heterocycles. The van der Waals surface area contributed by atoms with E-state index in [9.17, 15) is 21.6 Å². The Morgan fingerprint density at radius 1 is 1.29 bits per heavy atom. The zero-order valence-electron chi connectivity index (χ0n) is 10.8. The fourth-order valence-electron chi connectivity index (χ4n) is 1.35. The van der Waals surface area contributed by atoms with Crippen molar-refractivity contribution in [2.24, 2.45) is 5.14 Å². The molecule has 0 heterocycles. The van der Waals surface area contributed by atoms with Crippen LogP contribution >= 0.6 is 0 Å². The standard InChI is InChI=1S/C11H14N2O6S2/c12-20(16,17)7-6-13-21(18,19)10-3-1-2-9(8-10)4-5-11(14)15/h1-5,8,13H,6-7H2,(H,14,15)(H2,12,16,17). The summed E-state index contributed by atoms with van der Waals surface area (Å²) < 4.78 is 47.4. The second-order valence-corrected chi connectivity index (χ2v) is 7.51. The van der Waals surface area contributed by atoms with Gasteiger partial charge in [0.25, 0.3) is 0 Å². The number of nitrogens with two attached hydrogens (primary N) is 1. The van der Waals surface area contributed by atoms with Gasteiger partial charge in [-0.25, -0.2) is 31.5 Å². The van der Waals surface area contributed by atoms with Gasteiger partial charge < -0.3 is 5.11 Å². The molecule has 8 nitrogen and oxygen atoms in total. The van der Waals surface area contributed by atoms with E-state index in [0.717, 1.165) is 6.08 Å². The van der Waals surface area contributed by atoms with Gasteiger partial charge in [-0.05, 0) is 23.8 Å². The van der Waals surface area contributed by atoms with E-state index in [-0.39, 0.29) is 11.4 Å². The van der Waals surface area contributed by atoms with Crippen LogP contribution in [-0.2, 0) is 24.8 Å². The Balaban J connectivity index is 2.88. The maximum Gasteiger partial charge on any atom is 0.328 e. The van der Waals surface area contributed by atoms with Crippen molar-refractivity contribution >= 4 is 32.1 Å². The first kappa shape index (κ1) is 17.3. The third kappa shape index (κ3) is 6.49. The third-order valence-electron chi connectivity index (χ3n) is 2.27. The molecule has 0 bridgehead atoms. The van der Waals surface area contributed by atoms with Crippen LogP contribution in [0.25, 0.3) is 6.08 Å². The van der Waals surface area contributed by atoms with Crippen molar-refractivity contribution < 1.29 is 26.7 Å². The molecule has 0 spiro atoms. The number of carboxylic acid groups (broad SMARTS) is 1. The number of carbonyl (C=O) groups is 1. The molecule has 1 rings (SSSR count). The molecule has 0 unspecified atom stereocenters. The van der Waals surface area contributed by atoms with Crippen LogP contribution in [0.2, 0.25) is 0 Å². The van der Waals surface area contributed by atoms with Crippen LogP contribution in [0.4, 0.5) is 0 Å². The molecule has 0 radical (unpaired) electrons. The summed E-state index contributed by atoms with van der Waals surface area (Å²) in [6.45, 7) is -0.351. The molecule has 116 valence electrons. The smallest absolute Gasteiger partial charge is 0.328 e. The van der Waals surface area contributed by atoms with Crippen LogP contribution in [-0.4, -0.2) is 40.2 Å². The van der Waals surface area contributed by atoms with E-state index in [1.54, 1.807) is 0 Å². The maximum absolute atomic E-state index is 11.9. The zero-order valence-corrected chi connectivity index (χ0v) is 12.4. The number of carboxylic acids is 1. The summed E-state index contributed by atoms with van der Waals surface area (Å²) in [6, 6.07) is 5.54. The highest BCUT2D eigenvalue weighted by molar-refractivity contribution is 7.90. The summed E-state index contributed by atoms with van der Waals surface area (Å²) in [6.07, 6.45) is 2.12. The van der Waals surface area contributed by atoms with Gasteiger partial charge in [0.05, 0.1) is 10.6 Å². The predicted octanol–water partition coefficient (Wildman–Crippen LogP) is -0.649. The molecule has 0 atom stereocenters. The Morgan fingerprint density at radius 2 is 1.95 bits per heavy atom. The van der Waals surface area contributed by atoms with Crippen molar-refractivity contribution in [2.45, 2.75) is 4.90 Å². The molecule has 21 heavy (non-hydrogen) atoms. The highest BCUT2D eigenvalue weighted by Crippen LogP contribution is 2.12. The largest absolute Gasteiger partial charge is 0.478 e. The minimum absolute atomic E-state index is 0.107. The van der Waals surface area contributed by atoms with Crippen molar-refractivity contribution in [1.29, 1.82) is 0 Å². The fourth-order valence-corrected chi connectivity index (χ4v) is 2.96. The first-order valence-corrected chi connectivity index (χ1v) is 8.81. The molecule has 1 aromatic rings. The molecular formula is C11H14N2O6S2. The van der Waals surface area contributed by atoms with Crippen LogP contribution in [0.5, 0.6) is 0 Å². The van der Waals surface area contributed by atoms with E-state index in [0.29, 0.717) is 5.56 Å². The Labute approximate surface area is 122 Å². The normalized spacial score (nSPS) is 12.6. The number of sulfonamides is 2. The molecule has 10 heteroatoms. The fraction of sp³-hybridized carbons (Fsp3) is 0.182. The average Bonchev–Trinajstić information content (AvgIpc) is 2.35. The molecule has 0 aromatic heterocycles. The zero-order chi connectivity index (χ0) is 16.1. The molecule has 1 aromatic carbocycles. The van der Waals surface area contributed by atoms with Crippen LogP contribution < -0.4 is 9.86 Å². The number of primary sulfonamides is 1. The van der Waals surface area contributed by atoms with Gasteiger partial charge in [0.2, 0.25) is 20.0 Å². The van der Waals surface area contributed by atoms with E-state index in [1.165, 1.54) is 30.3 Å². The van der Waals surface area contributed by atoms with E-state index in [4.69, 9.17) is 10.2 Å². The minimum atomic E-state index is -3.90. The van der Waals surface area contributed by atoms with Crippen molar-refractivity contribution in [2.75, 3.05) is 12.3 Å². The summed E-state index contributed by atoms with van der Waals surface area (Å²) in [5.74, 6) is -1.68. The lowest BCUT2D eigenvalue weighted by molar-refractivity contribution is -0.131. The lowest BCUT2D eigenvalue weighted by atomic mass is 10.2. The van der Waals surface area contributed by atoms with Gasteiger partial charge >= 0.3 is 5.97 Å². The van der Waals surface area contributed by atoms with Gasteiger partial charge in [0.15, 0.2) is 0 Å². The summed E-state index contributed by atoms with van der Waals surface area (Å²) in [5.41, 5.74) is 0.381. The maximum atomic E-state index is 11.9. The summed E-state index contributed by atoms with van der Waals surface area (Å²) >= 11 is 0. The molecule has 0 aliphatic carbocycles. The van der Waals surface area contributed by atoms with Crippen LogP contribution in [0.3, 0.4) is 0 Å². The molecule has 0 amide bonds. The van der Waals surface area contributed by atoms with Gasteiger partial charge in [-0.2, -0.15) is 0 Å². The number of hydrogen-bond donors (Lipinski definition) is 3. The highest BCUT2D eigenvalue weighted by atomic mass is 32.2. The summed E-state index contributed by atoms with van der Waals surface area (Å²) in [4.78, 5) is 10.3. The van der Waals surface area contributed by atoms with Gasteiger partial charge in [-0.1, -0.05) is 12.1 Å². The Bertz CT molecular complexity index is 753.